The third-order valence-electron chi connectivity index (χ3n) is 5.56. The van der Waals surface area contributed by atoms with Gasteiger partial charge in [-0.1, -0.05) is 39.5 Å². The van der Waals surface area contributed by atoms with Gasteiger partial charge in [-0.15, -0.1) is 0 Å². The van der Waals surface area contributed by atoms with Crippen molar-refractivity contribution in [3.63, 3.8) is 0 Å². The van der Waals surface area contributed by atoms with Crippen LogP contribution in [0.5, 0.6) is 0 Å². The Morgan fingerprint density at radius 3 is 2.43 bits per heavy atom. The minimum Gasteiger partial charge on any atom is -0.312 e. The second kappa shape index (κ2) is 9.12. The van der Waals surface area contributed by atoms with Gasteiger partial charge in [-0.2, -0.15) is 0 Å². The Bertz CT molecular complexity index is 280. The summed E-state index contributed by atoms with van der Waals surface area (Å²) in [6.07, 6.45) is 9.77. The molecule has 2 fully saturated rings. The summed E-state index contributed by atoms with van der Waals surface area (Å²) >= 11 is 0. The van der Waals surface area contributed by atoms with Gasteiger partial charge >= 0.3 is 0 Å². The molecule has 1 saturated heterocycles. The molecule has 2 aliphatic rings. The van der Waals surface area contributed by atoms with Crippen LogP contribution in [-0.2, 0) is 0 Å². The van der Waals surface area contributed by atoms with E-state index in [-0.39, 0.29) is 0 Å². The molecule has 0 radical (unpaired) electrons. The van der Waals surface area contributed by atoms with Gasteiger partial charge in [0.05, 0.1) is 0 Å². The lowest BCUT2D eigenvalue weighted by Crippen LogP contribution is -2.59. The Balaban J connectivity index is 1.97. The van der Waals surface area contributed by atoms with Crippen LogP contribution in [0.15, 0.2) is 0 Å². The average Bonchev–Trinajstić information content (AvgIpc) is 2.46. The number of hydrogen-bond acceptors (Lipinski definition) is 3. The fourth-order valence-electron chi connectivity index (χ4n) is 4.26. The minimum atomic E-state index is 0.723. The van der Waals surface area contributed by atoms with E-state index in [1.165, 1.54) is 77.7 Å². The smallest absolute Gasteiger partial charge is 0.0250 e. The van der Waals surface area contributed by atoms with Crippen molar-refractivity contribution in [1.29, 1.82) is 0 Å². The van der Waals surface area contributed by atoms with E-state index in [0.29, 0.717) is 0 Å². The first kappa shape index (κ1) is 17.2. The molecular weight excluding hydrogens is 258 g/mol. The Hall–Kier alpha value is -0.120. The van der Waals surface area contributed by atoms with Crippen molar-refractivity contribution in [2.24, 2.45) is 0 Å². The topological polar surface area (TPSA) is 18.5 Å². The molecule has 1 N–H and O–H groups in total. The Labute approximate surface area is 132 Å². The van der Waals surface area contributed by atoms with Crippen molar-refractivity contribution in [3.05, 3.63) is 0 Å². The molecule has 0 bridgehead atoms. The third-order valence-corrected chi connectivity index (χ3v) is 5.56. The van der Waals surface area contributed by atoms with Gasteiger partial charge in [-0.05, 0) is 39.3 Å². The van der Waals surface area contributed by atoms with Crippen molar-refractivity contribution in [2.75, 3.05) is 32.7 Å². The van der Waals surface area contributed by atoms with E-state index in [1.54, 1.807) is 0 Å². The van der Waals surface area contributed by atoms with E-state index >= 15 is 0 Å². The Kier molecular flexibility index (Phi) is 7.48. The number of likely N-dealkylation sites (N-methyl/N-ethyl adjacent to an activating group) is 1. The fourth-order valence-corrected chi connectivity index (χ4v) is 4.26. The first-order valence-electron chi connectivity index (χ1n) is 9.47. The zero-order valence-electron chi connectivity index (χ0n) is 14.6. The molecule has 0 aromatic carbocycles. The molecule has 1 aliphatic heterocycles. The van der Waals surface area contributed by atoms with Crippen LogP contribution in [-0.4, -0.2) is 60.6 Å². The lowest BCUT2D eigenvalue weighted by atomic mass is 9.90. The van der Waals surface area contributed by atoms with Gasteiger partial charge < -0.3 is 5.32 Å². The van der Waals surface area contributed by atoms with Crippen molar-refractivity contribution in [2.45, 2.75) is 83.8 Å². The van der Waals surface area contributed by atoms with E-state index in [9.17, 15) is 0 Å². The monoisotopic (exact) mass is 295 g/mol. The first-order valence-corrected chi connectivity index (χ1v) is 9.47. The van der Waals surface area contributed by atoms with Crippen LogP contribution in [0.4, 0.5) is 0 Å². The molecule has 3 heteroatoms. The number of rotatable bonds is 5. The maximum atomic E-state index is 3.87. The molecule has 2 rings (SSSR count). The highest BCUT2D eigenvalue weighted by atomic mass is 15.3. The molecular formula is C18H37N3. The Morgan fingerprint density at radius 1 is 1.00 bits per heavy atom. The molecule has 3 unspecified atom stereocenters. The van der Waals surface area contributed by atoms with Gasteiger partial charge in [0.25, 0.3) is 0 Å². The third kappa shape index (κ3) is 4.94. The summed E-state index contributed by atoms with van der Waals surface area (Å²) in [4.78, 5) is 5.45. The van der Waals surface area contributed by atoms with E-state index < -0.39 is 0 Å². The number of hydrogen-bond donors (Lipinski definition) is 1. The zero-order chi connectivity index (χ0) is 15.1. The van der Waals surface area contributed by atoms with Crippen molar-refractivity contribution in [1.82, 2.24) is 15.1 Å². The van der Waals surface area contributed by atoms with Crippen LogP contribution >= 0.6 is 0 Å². The number of piperazine rings is 1. The predicted octanol–water partition coefficient (Wildman–Crippen LogP) is 3.10. The highest BCUT2D eigenvalue weighted by molar-refractivity contribution is 4.90. The highest BCUT2D eigenvalue weighted by Gasteiger charge is 2.32. The lowest BCUT2D eigenvalue weighted by molar-refractivity contribution is 0.0381. The van der Waals surface area contributed by atoms with Crippen LogP contribution in [0, 0.1) is 0 Å². The van der Waals surface area contributed by atoms with E-state index in [2.05, 4.69) is 35.9 Å². The molecule has 1 heterocycles. The lowest BCUT2D eigenvalue weighted by Gasteiger charge is -2.46. The van der Waals surface area contributed by atoms with Crippen LogP contribution in [0.3, 0.4) is 0 Å². The predicted molar refractivity (Wildman–Crippen MR) is 91.9 cm³/mol. The van der Waals surface area contributed by atoms with Gasteiger partial charge in [-0.25, -0.2) is 0 Å². The van der Waals surface area contributed by atoms with Gasteiger partial charge in [-0.3, -0.25) is 9.80 Å². The molecule has 0 aromatic rings. The number of nitrogens with one attached hydrogen (secondary N) is 1. The fraction of sp³-hybridized carbons (Fsp3) is 1.00. The molecule has 0 spiro atoms. The summed E-state index contributed by atoms with van der Waals surface area (Å²) in [6, 6.07) is 2.23. The Morgan fingerprint density at radius 2 is 1.76 bits per heavy atom. The first-order chi connectivity index (χ1) is 10.3. The van der Waals surface area contributed by atoms with E-state index in [0.717, 1.165) is 18.1 Å². The van der Waals surface area contributed by atoms with E-state index in [4.69, 9.17) is 0 Å². The van der Waals surface area contributed by atoms with Gasteiger partial charge in [0, 0.05) is 37.8 Å². The second-order valence-electron chi connectivity index (χ2n) is 7.09. The largest absolute Gasteiger partial charge is 0.312 e. The molecule has 0 aromatic heterocycles. The summed E-state index contributed by atoms with van der Waals surface area (Å²) in [7, 11) is 0. The summed E-state index contributed by atoms with van der Waals surface area (Å²) in [5.74, 6) is 0. The minimum absolute atomic E-state index is 0.723. The van der Waals surface area contributed by atoms with Crippen LogP contribution in [0.25, 0.3) is 0 Å². The summed E-state index contributed by atoms with van der Waals surface area (Å²) in [5.41, 5.74) is 0. The highest BCUT2D eigenvalue weighted by Crippen LogP contribution is 2.24. The van der Waals surface area contributed by atoms with Gasteiger partial charge in [0.15, 0.2) is 0 Å². The molecule has 124 valence electrons. The maximum absolute atomic E-state index is 3.87. The van der Waals surface area contributed by atoms with E-state index in [1.807, 2.05) is 0 Å². The zero-order valence-corrected chi connectivity index (χ0v) is 14.6. The molecule has 3 nitrogen and oxygen atoms in total. The van der Waals surface area contributed by atoms with Gasteiger partial charge in [0.2, 0.25) is 0 Å². The molecule has 1 aliphatic carbocycles. The second-order valence-corrected chi connectivity index (χ2v) is 7.09. The summed E-state index contributed by atoms with van der Waals surface area (Å²) in [6.45, 7) is 13.2. The van der Waals surface area contributed by atoms with Crippen LogP contribution in [0.2, 0.25) is 0 Å². The maximum Gasteiger partial charge on any atom is 0.0250 e. The van der Waals surface area contributed by atoms with Crippen molar-refractivity contribution in [3.8, 4) is 0 Å². The molecule has 21 heavy (non-hydrogen) atoms. The van der Waals surface area contributed by atoms with Crippen LogP contribution in [0.1, 0.15) is 65.7 Å². The quantitative estimate of drug-likeness (QED) is 0.841. The molecule has 0 amide bonds. The summed E-state index contributed by atoms with van der Waals surface area (Å²) < 4.78 is 0. The van der Waals surface area contributed by atoms with Crippen molar-refractivity contribution < 1.29 is 0 Å². The average molecular weight is 296 g/mol. The van der Waals surface area contributed by atoms with Crippen LogP contribution < -0.4 is 5.32 Å². The molecule has 1 saturated carbocycles. The van der Waals surface area contributed by atoms with Crippen molar-refractivity contribution >= 4 is 0 Å². The normalized spacial score (nSPS) is 33.6. The number of nitrogens with zero attached hydrogens (tertiary/aromatic N) is 2. The molecule has 3 atom stereocenters. The SMILES string of the molecule is CCCNC1CCCCCCC1N1CCN(CC)C(C)C1. The summed E-state index contributed by atoms with van der Waals surface area (Å²) in [5, 5.41) is 3.87. The van der Waals surface area contributed by atoms with Gasteiger partial charge in [0.1, 0.15) is 0 Å². The standard InChI is InChI=1S/C18H37N3/c1-4-12-19-17-10-8-6-7-9-11-18(17)21-14-13-20(5-2)16(3)15-21/h16-19H,4-15H2,1-3H3.